The Morgan fingerprint density at radius 3 is 2.92 bits per heavy atom. The molecule has 26 heavy (non-hydrogen) atoms. The molecule has 144 valence electrons. The zero-order valence-corrected chi connectivity index (χ0v) is 16.3. The minimum Gasteiger partial charge on any atom is -0.396 e. The molecule has 0 radical (unpaired) electrons. The van der Waals surface area contributed by atoms with Crippen molar-refractivity contribution in [3.8, 4) is 0 Å². The van der Waals surface area contributed by atoms with Crippen LogP contribution in [0.2, 0.25) is 0 Å². The molecule has 2 heterocycles. The maximum atomic E-state index is 9.65. The van der Waals surface area contributed by atoms with Gasteiger partial charge in [-0.2, -0.15) is 0 Å². The third-order valence-corrected chi connectivity index (χ3v) is 5.92. The van der Waals surface area contributed by atoms with Gasteiger partial charge in [0.15, 0.2) is 0 Å². The predicted octanol–water partition coefficient (Wildman–Crippen LogP) is 4.12. The van der Waals surface area contributed by atoms with Crippen LogP contribution in [0.5, 0.6) is 0 Å². The van der Waals surface area contributed by atoms with Crippen molar-refractivity contribution in [1.29, 1.82) is 0 Å². The number of aromatic amines is 1. The van der Waals surface area contributed by atoms with E-state index in [9.17, 15) is 5.11 Å². The van der Waals surface area contributed by atoms with Gasteiger partial charge in [0.1, 0.15) is 5.60 Å². The number of para-hydroxylation sites is 1. The van der Waals surface area contributed by atoms with Crippen LogP contribution in [-0.2, 0) is 16.8 Å². The third-order valence-electron chi connectivity index (χ3n) is 5.92. The van der Waals surface area contributed by atoms with E-state index in [1.165, 1.54) is 47.8 Å². The van der Waals surface area contributed by atoms with Crippen LogP contribution in [0.3, 0.4) is 0 Å². The number of nitrogens with one attached hydrogen (secondary N) is 2. The predicted molar refractivity (Wildman–Crippen MR) is 108 cm³/mol. The van der Waals surface area contributed by atoms with Crippen molar-refractivity contribution in [2.75, 3.05) is 26.3 Å². The van der Waals surface area contributed by atoms with E-state index < -0.39 is 0 Å². The maximum absolute atomic E-state index is 9.65. The van der Waals surface area contributed by atoms with Crippen LogP contribution < -0.4 is 5.32 Å². The number of aliphatic hydroxyl groups is 1. The molecule has 1 aromatic carbocycles. The van der Waals surface area contributed by atoms with Gasteiger partial charge in [0.25, 0.3) is 0 Å². The summed E-state index contributed by atoms with van der Waals surface area (Å²) in [6.07, 6.45) is 6.77. The number of aromatic nitrogens is 1. The Kier molecular flexibility index (Phi) is 6.74. The van der Waals surface area contributed by atoms with Gasteiger partial charge in [-0.15, -0.1) is 0 Å². The SMILES string of the molecule is CCCCCCNCC(CCO)C1(C)OCCc2c1[nH]c1ccccc21. The Morgan fingerprint density at radius 1 is 1.27 bits per heavy atom. The molecule has 0 saturated carbocycles. The molecule has 2 aromatic rings. The van der Waals surface area contributed by atoms with Gasteiger partial charge in [-0.05, 0) is 44.4 Å². The minimum atomic E-state index is -0.383. The molecule has 0 saturated heterocycles. The summed E-state index contributed by atoms with van der Waals surface area (Å²) in [5, 5.41) is 14.6. The lowest BCUT2D eigenvalue weighted by Crippen LogP contribution is -2.44. The first-order valence-corrected chi connectivity index (χ1v) is 10.3. The van der Waals surface area contributed by atoms with Crippen LogP contribution in [-0.4, -0.2) is 36.4 Å². The highest BCUT2D eigenvalue weighted by Crippen LogP contribution is 2.42. The zero-order chi connectivity index (χ0) is 18.4. The number of hydrogen-bond acceptors (Lipinski definition) is 3. The quantitative estimate of drug-likeness (QED) is 0.560. The standard InChI is InChI=1S/C22H34N2O2/c1-3-4-5-8-13-23-16-17(11-14-25)22(2)21-19(12-15-26-22)18-9-6-7-10-20(18)24-21/h6-7,9-10,17,23-25H,3-5,8,11-16H2,1-2H3. The second-order valence-electron chi connectivity index (χ2n) is 7.70. The Hall–Kier alpha value is -1.36. The van der Waals surface area contributed by atoms with E-state index in [0.29, 0.717) is 0 Å². The van der Waals surface area contributed by atoms with Crippen molar-refractivity contribution >= 4 is 10.9 Å². The van der Waals surface area contributed by atoms with Gasteiger partial charge in [-0.1, -0.05) is 44.4 Å². The molecule has 4 heteroatoms. The lowest BCUT2D eigenvalue weighted by Gasteiger charge is -2.40. The fourth-order valence-corrected chi connectivity index (χ4v) is 4.32. The van der Waals surface area contributed by atoms with Crippen LogP contribution >= 0.6 is 0 Å². The highest BCUT2D eigenvalue weighted by Gasteiger charge is 2.42. The van der Waals surface area contributed by atoms with Crippen molar-refractivity contribution in [3.63, 3.8) is 0 Å². The van der Waals surface area contributed by atoms with E-state index in [1.807, 2.05) is 0 Å². The van der Waals surface area contributed by atoms with E-state index in [2.05, 4.69) is 48.4 Å². The molecule has 2 atom stereocenters. The van der Waals surface area contributed by atoms with Gasteiger partial charge in [0.2, 0.25) is 0 Å². The van der Waals surface area contributed by atoms with Crippen LogP contribution in [0.1, 0.15) is 57.2 Å². The lowest BCUT2D eigenvalue weighted by atomic mass is 9.80. The summed E-state index contributed by atoms with van der Waals surface area (Å²) in [6, 6.07) is 8.52. The zero-order valence-electron chi connectivity index (χ0n) is 16.3. The molecule has 0 amide bonds. The number of unbranched alkanes of at least 4 members (excludes halogenated alkanes) is 3. The molecule has 3 rings (SSSR count). The van der Waals surface area contributed by atoms with E-state index in [-0.39, 0.29) is 18.1 Å². The van der Waals surface area contributed by atoms with Crippen molar-refractivity contribution in [1.82, 2.24) is 10.3 Å². The Morgan fingerprint density at radius 2 is 2.12 bits per heavy atom. The molecule has 1 aliphatic rings. The summed E-state index contributed by atoms with van der Waals surface area (Å²) < 4.78 is 6.35. The van der Waals surface area contributed by atoms with Crippen LogP contribution in [0, 0.1) is 5.92 Å². The number of H-pyrrole nitrogens is 1. The molecule has 3 N–H and O–H groups in total. The molecule has 0 fully saturated rings. The molecule has 0 bridgehead atoms. The molecule has 0 spiro atoms. The molecule has 0 aliphatic carbocycles. The summed E-state index contributed by atoms with van der Waals surface area (Å²) in [6.45, 7) is 7.28. The molecule has 1 aromatic heterocycles. The molecular formula is C22H34N2O2. The second kappa shape index (κ2) is 9.03. The van der Waals surface area contributed by atoms with Gasteiger partial charge in [-0.25, -0.2) is 0 Å². The lowest BCUT2D eigenvalue weighted by molar-refractivity contribution is -0.0956. The molecule has 2 unspecified atom stereocenters. The summed E-state index contributed by atoms with van der Waals surface area (Å²) in [5.74, 6) is 0.241. The number of rotatable bonds is 10. The van der Waals surface area contributed by atoms with Gasteiger partial charge < -0.3 is 20.1 Å². The van der Waals surface area contributed by atoms with Gasteiger partial charge in [-0.3, -0.25) is 0 Å². The number of benzene rings is 1. The van der Waals surface area contributed by atoms with Gasteiger partial charge in [0, 0.05) is 30.0 Å². The van der Waals surface area contributed by atoms with Crippen molar-refractivity contribution in [2.24, 2.45) is 5.92 Å². The Labute approximate surface area is 157 Å². The third kappa shape index (κ3) is 3.98. The average molecular weight is 359 g/mol. The monoisotopic (exact) mass is 358 g/mol. The number of fused-ring (bicyclic) bond motifs is 3. The second-order valence-corrected chi connectivity index (χ2v) is 7.70. The Balaban J connectivity index is 1.76. The first-order chi connectivity index (χ1) is 12.7. The van der Waals surface area contributed by atoms with Crippen molar-refractivity contribution < 1.29 is 9.84 Å². The summed E-state index contributed by atoms with van der Waals surface area (Å²) in [4.78, 5) is 3.63. The number of aliphatic hydroxyl groups excluding tert-OH is 1. The topological polar surface area (TPSA) is 57.3 Å². The van der Waals surface area contributed by atoms with Gasteiger partial charge >= 0.3 is 0 Å². The largest absolute Gasteiger partial charge is 0.396 e. The van der Waals surface area contributed by atoms with E-state index >= 15 is 0 Å². The van der Waals surface area contributed by atoms with Gasteiger partial charge in [0.05, 0.1) is 12.3 Å². The molecular weight excluding hydrogens is 324 g/mol. The van der Waals surface area contributed by atoms with Crippen LogP contribution in [0.25, 0.3) is 10.9 Å². The molecule has 1 aliphatic heterocycles. The first kappa shape index (κ1) is 19.4. The van der Waals surface area contributed by atoms with Crippen molar-refractivity contribution in [3.05, 3.63) is 35.5 Å². The first-order valence-electron chi connectivity index (χ1n) is 10.3. The smallest absolute Gasteiger partial charge is 0.109 e. The average Bonchev–Trinajstić information content (AvgIpc) is 3.04. The normalized spacial score (nSPS) is 21.0. The van der Waals surface area contributed by atoms with Crippen LogP contribution in [0.15, 0.2) is 24.3 Å². The maximum Gasteiger partial charge on any atom is 0.109 e. The highest BCUT2D eigenvalue weighted by molar-refractivity contribution is 5.85. The minimum absolute atomic E-state index is 0.191. The van der Waals surface area contributed by atoms with E-state index in [0.717, 1.165) is 32.5 Å². The number of hydrogen-bond donors (Lipinski definition) is 3. The fraction of sp³-hybridized carbons (Fsp3) is 0.636. The fourth-order valence-electron chi connectivity index (χ4n) is 4.32. The molecule has 4 nitrogen and oxygen atoms in total. The van der Waals surface area contributed by atoms with E-state index in [1.54, 1.807) is 0 Å². The van der Waals surface area contributed by atoms with Crippen molar-refractivity contribution in [2.45, 2.75) is 58.0 Å². The summed E-state index contributed by atoms with van der Waals surface area (Å²) in [5.41, 5.74) is 3.40. The summed E-state index contributed by atoms with van der Waals surface area (Å²) in [7, 11) is 0. The summed E-state index contributed by atoms with van der Waals surface area (Å²) >= 11 is 0. The Bertz CT molecular complexity index is 697. The number of ether oxygens (including phenoxy) is 1. The van der Waals surface area contributed by atoms with Crippen LogP contribution in [0.4, 0.5) is 0 Å². The van der Waals surface area contributed by atoms with E-state index in [4.69, 9.17) is 4.74 Å². The highest BCUT2D eigenvalue weighted by atomic mass is 16.5.